The van der Waals surface area contributed by atoms with Crippen molar-refractivity contribution in [3.63, 3.8) is 0 Å². The molecule has 0 saturated heterocycles. The predicted octanol–water partition coefficient (Wildman–Crippen LogP) is 3.97. The molecule has 0 aliphatic rings. The first-order chi connectivity index (χ1) is 6.31. The van der Waals surface area contributed by atoms with Gasteiger partial charge >= 0.3 is 0 Å². The van der Waals surface area contributed by atoms with E-state index in [1.54, 1.807) is 0 Å². The quantitative estimate of drug-likeness (QED) is 0.401. The van der Waals surface area contributed by atoms with Gasteiger partial charge in [0.05, 0.1) is 6.61 Å². The van der Waals surface area contributed by atoms with Gasteiger partial charge in [-0.25, -0.2) is 5.11 Å². The topological polar surface area (TPSA) is 19.9 Å². The minimum atomic E-state index is 0.0973. The summed E-state index contributed by atoms with van der Waals surface area (Å²) in [5.74, 6) is 0.740. The van der Waals surface area contributed by atoms with Gasteiger partial charge in [0, 0.05) is 0 Å². The Morgan fingerprint density at radius 2 is 1.85 bits per heavy atom. The van der Waals surface area contributed by atoms with E-state index in [4.69, 9.17) is 0 Å². The van der Waals surface area contributed by atoms with Crippen LogP contribution in [0.2, 0.25) is 0 Å². The third-order valence-electron chi connectivity index (χ3n) is 2.31. The van der Waals surface area contributed by atoms with Gasteiger partial charge in [0.25, 0.3) is 0 Å². The zero-order chi connectivity index (χ0) is 9.94. The summed E-state index contributed by atoms with van der Waals surface area (Å²) in [6, 6.07) is 0. The van der Waals surface area contributed by atoms with Crippen molar-refractivity contribution in [2.45, 2.75) is 52.4 Å². The van der Waals surface area contributed by atoms with Crippen molar-refractivity contribution in [3.8, 4) is 0 Å². The Morgan fingerprint density at radius 3 is 2.46 bits per heavy atom. The molecular weight excluding hydrogens is 160 g/mol. The van der Waals surface area contributed by atoms with Crippen LogP contribution in [-0.4, -0.2) is 6.61 Å². The van der Waals surface area contributed by atoms with Gasteiger partial charge in [0.2, 0.25) is 0 Å². The smallest absolute Gasteiger partial charge is 0.0822 e. The van der Waals surface area contributed by atoms with E-state index in [0.29, 0.717) is 0 Å². The Hall–Kier alpha value is -0.300. The van der Waals surface area contributed by atoms with E-state index in [1.165, 1.54) is 19.3 Å². The van der Waals surface area contributed by atoms with Crippen molar-refractivity contribution < 1.29 is 5.11 Å². The van der Waals surface area contributed by atoms with Crippen molar-refractivity contribution in [2.24, 2.45) is 5.92 Å². The van der Waals surface area contributed by atoms with Crippen LogP contribution in [0.1, 0.15) is 52.4 Å². The lowest BCUT2D eigenvalue weighted by Gasteiger charge is -2.08. The summed E-state index contributed by atoms with van der Waals surface area (Å²) in [7, 11) is 0. The molecule has 1 atom stereocenters. The number of allylic oxidation sites excluding steroid dienone is 2. The summed E-state index contributed by atoms with van der Waals surface area (Å²) in [5.41, 5.74) is 0. The fourth-order valence-corrected chi connectivity index (χ4v) is 1.44. The van der Waals surface area contributed by atoms with Crippen LogP contribution in [0.25, 0.3) is 0 Å². The van der Waals surface area contributed by atoms with Gasteiger partial charge in [-0.05, 0) is 38.0 Å². The summed E-state index contributed by atoms with van der Waals surface area (Å²) in [5, 5.41) is 10.2. The van der Waals surface area contributed by atoms with Gasteiger partial charge < -0.3 is 0 Å². The van der Waals surface area contributed by atoms with Crippen molar-refractivity contribution in [1.29, 1.82) is 0 Å². The lowest BCUT2D eigenvalue weighted by molar-refractivity contribution is 0.180. The molecule has 0 saturated carbocycles. The van der Waals surface area contributed by atoms with Crippen LogP contribution in [0.15, 0.2) is 12.2 Å². The van der Waals surface area contributed by atoms with Crippen LogP contribution in [0.5, 0.6) is 0 Å². The minimum Gasteiger partial charge on any atom is -0.237 e. The molecule has 0 spiro atoms. The third-order valence-corrected chi connectivity index (χ3v) is 2.31. The van der Waals surface area contributed by atoms with Crippen molar-refractivity contribution in [2.75, 3.05) is 6.61 Å². The van der Waals surface area contributed by atoms with Gasteiger partial charge in [0.1, 0.15) is 0 Å². The van der Waals surface area contributed by atoms with Crippen molar-refractivity contribution >= 4 is 0 Å². The Labute approximate surface area is 82.9 Å². The molecule has 77 valence electrons. The highest BCUT2D eigenvalue weighted by Crippen LogP contribution is 2.13. The van der Waals surface area contributed by atoms with Crippen molar-refractivity contribution in [1.82, 2.24) is 0 Å². The number of hydrogen-bond donors (Lipinski definition) is 0. The molecule has 0 amide bonds. The second-order valence-electron chi connectivity index (χ2n) is 3.76. The largest absolute Gasteiger partial charge is 0.237 e. The molecule has 0 aliphatic heterocycles. The molecule has 0 bridgehead atoms. The molecule has 1 radical (unpaired) electrons. The molecule has 1 heteroatoms. The molecule has 13 heavy (non-hydrogen) atoms. The molecule has 1 nitrogen and oxygen atoms in total. The Kier molecular flexibility index (Phi) is 9.56. The van der Waals surface area contributed by atoms with E-state index in [9.17, 15) is 5.11 Å². The van der Waals surface area contributed by atoms with Gasteiger partial charge in [-0.2, -0.15) is 0 Å². The molecule has 0 rings (SSSR count). The minimum absolute atomic E-state index is 0.0973. The fourth-order valence-electron chi connectivity index (χ4n) is 1.44. The standard InChI is InChI=1S/C12H23O/c1-3-4-5-6-7-9-12(2)10-8-11-13/h4-5,12H,3,6-11H2,1-2H3/b5-4+. The number of rotatable bonds is 8. The molecule has 0 aromatic carbocycles. The fraction of sp³-hybridized carbons (Fsp3) is 0.833. The SMILES string of the molecule is CC/C=C/CCCC(C)CCC[O]. The maximum atomic E-state index is 10.2. The van der Waals surface area contributed by atoms with E-state index < -0.39 is 0 Å². The highest BCUT2D eigenvalue weighted by atomic mass is 16.2. The highest BCUT2D eigenvalue weighted by Gasteiger charge is 2.00. The van der Waals surface area contributed by atoms with Crippen molar-refractivity contribution in [3.05, 3.63) is 12.2 Å². The van der Waals surface area contributed by atoms with E-state index in [-0.39, 0.29) is 6.61 Å². The third kappa shape index (κ3) is 9.62. The van der Waals surface area contributed by atoms with Crippen LogP contribution >= 0.6 is 0 Å². The normalized spacial score (nSPS) is 13.8. The molecule has 0 N–H and O–H groups in total. The van der Waals surface area contributed by atoms with Gasteiger partial charge in [-0.15, -0.1) is 0 Å². The lowest BCUT2D eigenvalue weighted by Crippen LogP contribution is -1.95. The molecule has 0 aliphatic carbocycles. The first kappa shape index (κ1) is 12.7. The highest BCUT2D eigenvalue weighted by molar-refractivity contribution is 4.79. The van der Waals surface area contributed by atoms with Crippen LogP contribution in [0, 0.1) is 5.92 Å². The summed E-state index contributed by atoms with van der Waals surface area (Å²) in [6.45, 7) is 4.51. The zero-order valence-corrected chi connectivity index (χ0v) is 9.09. The summed E-state index contributed by atoms with van der Waals surface area (Å²) in [6.07, 6.45) is 11.3. The molecule has 0 fully saturated rings. The molecule has 0 heterocycles. The summed E-state index contributed by atoms with van der Waals surface area (Å²) in [4.78, 5) is 0. The van der Waals surface area contributed by atoms with Crippen LogP contribution in [0.3, 0.4) is 0 Å². The van der Waals surface area contributed by atoms with E-state index in [2.05, 4.69) is 26.0 Å². The van der Waals surface area contributed by atoms with Crippen LogP contribution in [-0.2, 0) is 5.11 Å². The summed E-state index contributed by atoms with van der Waals surface area (Å²) >= 11 is 0. The van der Waals surface area contributed by atoms with E-state index >= 15 is 0 Å². The molecule has 0 aromatic rings. The van der Waals surface area contributed by atoms with Gasteiger partial charge in [-0.1, -0.05) is 32.4 Å². The lowest BCUT2D eigenvalue weighted by atomic mass is 9.99. The Bertz CT molecular complexity index is 118. The number of unbranched alkanes of at least 4 members (excludes halogenated alkanes) is 1. The maximum absolute atomic E-state index is 10.2. The van der Waals surface area contributed by atoms with Gasteiger partial charge in [0.15, 0.2) is 0 Å². The first-order valence-corrected chi connectivity index (χ1v) is 5.54. The average Bonchev–Trinajstić information content (AvgIpc) is 2.14. The maximum Gasteiger partial charge on any atom is 0.0822 e. The zero-order valence-electron chi connectivity index (χ0n) is 9.09. The Balaban J connectivity index is 3.16. The predicted molar refractivity (Wildman–Crippen MR) is 57.2 cm³/mol. The molecular formula is C12H23O. The summed E-state index contributed by atoms with van der Waals surface area (Å²) < 4.78 is 0. The second kappa shape index (κ2) is 9.79. The first-order valence-electron chi connectivity index (χ1n) is 5.54. The Morgan fingerprint density at radius 1 is 1.15 bits per heavy atom. The van der Waals surface area contributed by atoms with E-state index in [1.807, 2.05) is 0 Å². The average molecular weight is 183 g/mol. The van der Waals surface area contributed by atoms with Gasteiger partial charge in [-0.3, -0.25) is 0 Å². The van der Waals surface area contributed by atoms with Crippen LogP contribution in [0.4, 0.5) is 0 Å². The van der Waals surface area contributed by atoms with E-state index in [0.717, 1.165) is 25.2 Å². The monoisotopic (exact) mass is 183 g/mol. The number of hydrogen-bond acceptors (Lipinski definition) is 0. The van der Waals surface area contributed by atoms with Crippen LogP contribution < -0.4 is 0 Å². The second-order valence-corrected chi connectivity index (χ2v) is 3.76. The molecule has 1 unspecified atom stereocenters. The molecule has 0 aromatic heterocycles.